The van der Waals surface area contributed by atoms with Crippen LogP contribution in [0, 0.1) is 0 Å². The number of hydrogen-bond acceptors (Lipinski definition) is 3. The number of benzene rings is 1. The molecule has 0 amide bonds. The molecule has 15 heavy (non-hydrogen) atoms. The normalized spacial score (nSPS) is 13.7. The minimum absolute atomic E-state index is 0. The van der Waals surface area contributed by atoms with Gasteiger partial charge in [-0.05, 0) is 17.7 Å². The Bertz CT molecular complexity index is 326. The Morgan fingerprint density at radius 3 is 2.20 bits per heavy atom. The number of aliphatic carboxylic acids is 1. The Labute approximate surface area is 94.1 Å². The third-order valence-corrected chi connectivity index (χ3v) is 2.24. The molecule has 1 rings (SSSR count). The fourth-order valence-electron chi connectivity index (χ4n) is 1.20. The monoisotopic (exact) mass is 231 g/mol. The van der Waals surface area contributed by atoms with E-state index in [9.17, 15) is 4.79 Å². The summed E-state index contributed by atoms with van der Waals surface area (Å²) in [5, 5.41) is 17.7. The van der Waals surface area contributed by atoms with Crippen LogP contribution in [-0.4, -0.2) is 22.2 Å². The van der Waals surface area contributed by atoms with E-state index in [1.165, 1.54) is 12.1 Å². The molecule has 0 bridgehead atoms. The number of phenols is 1. The van der Waals surface area contributed by atoms with E-state index in [0.29, 0.717) is 0 Å². The molecular weight excluding hydrogens is 218 g/mol. The molecule has 0 aliphatic heterocycles. The van der Waals surface area contributed by atoms with E-state index in [-0.39, 0.29) is 24.1 Å². The fraction of sp³-hybridized carbons (Fsp3) is 0.300. The van der Waals surface area contributed by atoms with Crippen molar-refractivity contribution in [1.82, 2.24) is 0 Å². The van der Waals surface area contributed by atoms with E-state index in [0.717, 1.165) is 5.56 Å². The SMILES string of the molecule is CC(c1ccc(O)cc1)C(N)C(=O)O.Cl. The Morgan fingerprint density at radius 2 is 1.80 bits per heavy atom. The third kappa shape index (κ3) is 3.42. The lowest BCUT2D eigenvalue weighted by Gasteiger charge is -2.15. The number of hydrogen-bond donors (Lipinski definition) is 3. The highest BCUT2D eigenvalue weighted by Crippen LogP contribution is 2.20. The van der Waals surface area contributed by atoms with Crippen molar-refractivity contribution in [2.24, 2.45) is 5.73 Å². The smallest absolute Gasteiger partial charge is 0.321 e. The van der Waals surface area contributed by atoms with Crippen molar-refractivity contribution in [2.75, 3.05) is 0 Å². The molecule has 2 unspecified atom stereocenters. The third-order valence-electron chi connectivity index (χ3n) is 2.24. The van der Waals surface area contributed by atoms with E-state index < -0.39 is 12.0 Å². The lowest BCUT2D eigenvalue weighted by Crippen LogP contribution is -2.35. The molecule has 2 atom stereocenters. The number of carboxylic acid groups (broad SMARTS) is 1. The second kappa shape index (κ2) is 5.58. The number of aromatic hydroxyl groups is 1. The van der Waals surface area contributed by atoms with Crippen molar-refractivity contribution < 1.29 is 15.0 Å². The van der Waals surface area contributed by atoms with Gasteiger partial charge in [0, 0.05) is 5.92 Å². The van der Waals surface area contributed by atoms with Crippen molar-refractivity contribution in [3.05, 3.63) is 29.8 Å². The first kappa shape index (κ1) is 13.7. The van der Waals surface area contributed by atoms with Crippen LogP contribution in [0.2, 0.25) is 0 Å². The molecule has 84 valence electrons. The Hall–Kier alpha value is -1.26. The molecule has 4 nitrogen and oxygen atoms in total. The summed E-state index contributed by atoms with van der Waals surface area (Å²) in [6.07, 6.45) is 0. The summed E-state index contributed by atoms with van der Waals surface area (Å²) in [6, 6.07) is 5.45. The zero-order chi connectivity index (χ0) is 10.7. The number of halogens is 1. The number of nitrogens with two attached hydrogens (primary N) is 1. The van der Waals surface area contributed by atoms with Gasteiger partial charge in [0.05, 0.1) is 0 Å². The Morgan fingerprint density at radius 1 is 1.33 bits per heavy atom. The minimum Gasteiger partial charge on any atom is -0.508 e. The lowest BCUT2D eigenvalue weighted by molar-refractivity contribution is -0.139. The molecule has 0 aliphatic carbocycles. The minimum atomic E-state index is -1.02. The largest absolute Gasteiger partial charge is 0.508 e. The van der Waals surface area contributed by atoms with Crippen molar-refractivity contribution in [1.29, 1.82) is 0 Å². The van der Waals surface area contributed by atoms with E-state index in [2.05, 4.69) is 0 Å². The fourth-order valence-corrected chi connectivity index (χ4v) is 1.20. The molecule has 0 saturated carbocycles. The zero-order valence-electron chi connectivity index (χ0n) is 8.25. The van der Waals surface area contributed by atoms with Gasteiger partial charge in [-0.15, -0.1) is 12.4 Å². The second-order valence-corrected chi connectivity index (χ2v) is 3.24. The quantitative estimate of drug-likeness (QED) is 0.733. The molecule has 1 aromatic rings. The van der Waals surface area contributed by atoms with Gasteiger partial charge in [-0.25, -0.2) is 0 Å². The Balaban J connectivity index is 0.00000196. The second-order valence-electron chi connectivity index (χ2n) is 3.24. The highest BCUT2D eigenvalue weighted by Gasteiger charge is 2.21. The molecule has 0 radical (unpaired) electrons. The van der Waals surface area contributed by atoms with Gasteiger partial charge >= 0.3 is 5.97 Å². The van der Waals surface area contributed by atoms with E-state index >= 15 is 0 Å². The summed E-state index contributed by atoms with van der Waals surface area (Å²) in [6.45, 7) is 1.74. The first-order valence-electron chi connectivity index (χ1n) is 4.29. The van der Waals surface area contributed by atoms with E-state index in [1.54, 1.807) is 19.1 Å². The van der Waals surface area contributed by atoms with Crippen molar-refractivity contribution in [2.45, 2.75) is 18.9 Å². The summed E-state index contributed by atoms with van der Waals surface area (Å²) in [5.41, 5.74) is 6.27. The summed E-state index contributed by atoms with van der Waals surface area (Å²) in [4.78, 5) is 10.6. The molecule has 5 heteroatoms. The van der Waals surface area contributed by atoms with E-state index in [4.69, 9.17) is 15.9 Å². The summed E-state index contributed by atoms with van der Waals surface area (Å²) in [5.74, 6) is -1.14. The topological polar surface area (TPSA) is 83.5 Å². The molecule has 0 heterocycles. The van der Waals surface area contributed by atoms with Crippen LogP contribution in [0.25, 0.3) is 0 Å². The van der Waals surface area contributed by atoms with Crippen molar-refractivity contribution >= 4 is 18.4 Å². The van der Waals surface area contributed by atoms with Crippen LogP contribution < -0.4 is 5.73 Å². The molecule has 0 spiro atoms. The van der Waals surface area contributed by atoms with Gasteiger partial charge in [-0.2, -0.15) is 0 Å². The molecule has 0 fully saturated rings. The zero-order valence-corrected chi connectivity index (χ0v) is 9.07. The van der Waals surface area contributed by atoms with Crippen LogP contribution in [0.4, 0.5) is 0 Å². The summed E-state index contributed by atoms with van der Waals surface area (Å²) < 4.78 is 0. The number of carboxylic acids is 1. The first-order chi connectivity index (χ1) is 6.52. The van der Waals surface area contributed by atoms with Gasteiger partial charge in [0.25, 0.3) is 0 Å². The van der Waals surface area contributed by atoms with Crippen LogP contribution in [0.15, 0.2) is 24.3 Å². The summed E-state index contributed by atoms with van der Waals surface area (Å²) >= 11 is 0. The maximum Gasteiger partial charge on any atom is 0.321 e. The highest BCUT2D eigenvalue weighted by atomic mass is 35.5. The standard InChI is InChI=1S/C10H13NO3.ClH/c1-6(9(11)10(13)14)7-2-4-8(12)5-3-7;/h2-6,9,12H,11H2,1H3,(H,13,14);1H. The van der Waals surface area contributed by atoms with Crippen LogP contribution >= 0.6 is 12.4 Å². The first-order valence-corrected chi connectivity index (χ1v) is 4.29. The maximum atomic E-state index is 10.6. The number of carbonyl (C=O) groups is 1. The van der Waals surface area contributed by atoms with Gasteiger partial charge in [-0.3, -0.25) is 4.79 Å². The molecule has 0 aliphatic rings. The van der Waals surface area contributed by atoms with Crippen LogP contribution in [-0.2, 0) is 4.79 Å². The number of phenolic OH excluding ortho intramolecular Hbond substituents is 1. The van der Waals surface area contributed by atoms with Crippen LogP contribution in [0.5, 0.6) is 5.75 Å². The van der Waals surface area contributed by atoms with Crippen molar-refractivity contribution in [3.8, 4) is 5.75 Å². The van der Waals surface area contributed by atoms with Gasteiger partial charge in [-0.1, -0.05) is 19.1 Å². The average Bonchev–Trinajstić information content (AvgIpc) is 2.16. The lowest BCUT2D eigenvalue weighted by atomic mass is 9.94. The molecule has 4 N–H and O–H groups in total. The summed E-state index contributed by atoms with van der Waals surface area (Å²) in [7, 11) is 0. The van der Waals surface area contributed by atoms with E-state index in [1.807, 2.05) is 0 Å². The Kier molecular flexibility index (Phi) is 5.11. The molecule has 1 aromatic carbocycles. The molecule has 0 saturated heterocycles. The molecule has 0 aromatic heterocycles. The van der Waals surface area contributed by atoms with Crippen LogP contribution in [0.1, 0.15) is 18.4 Å². The maximum absolute atomic E-state index is 10.6. The predicted molar refractivity (Wildman–Crippen MR) is 59.4 cm³/mol. The highest BCUT2D eigenvalue weighted by molar-refractivity contribution is 5.85. The van der Waals surface area contributed by atoms with Crippen LogP contribution in [0.3, 0.4) is 0 Å². The van der Waals surface area contributed by atoms with Gasteiger partial charge < -0.3 is 15.9 Å². The van der Waals surface area contributed by atoms with Crippen molar-refractivity contribution in [3.63, 3.8) is 0 Å². The van der Waals surface area contributed by atoms with Gasteiger partial charge in [0.15, 0.2) is 0 Å². The number of rotatable bonds is 3. The van der Waals surface area contributed by atoms with Gasteiger partial charge in [0.1, 0.15) is 11.8 Å². The predicted octanol–water partition coefficient (Wildman–Crippen LogP) is 1.33. The van der Waals surface area contributed by atoms with Gasteiger partial charge in [0.2, 0.25) is 0 Å². The molecular formula is C10H14ClNO3. The average molecular weight is 232 g/mol.